The fourth-order valence-electron chi connectivity index (χ4n) is 3.71. The van der Waals surface area contributed by atoms with E-state index in [4.69, 9.17) is 5.73 Å². The highest BCUT2D eigenvalue weighted by molar-refractivity contribution is 5.81. The summed E-state index contributed by atoms with van der Waals surface area (Å²) in [6, 6.07) is 9.75. The quantitative estimate of drug-likeness (QED) is 0.844. The maximum absolute atomic E-state index is 12.1. The van der Waals surface area contributed by atoms with E-state index in [0.717, 1.165) is 49.2 Å². The molecule has 2 aliphatic heterocycles. The fourth-order valence-corrected chi connectivity index (χ4v) is 3.71. The van der Waals surface area contributed by atoms with Gasteiger partial charge in [0, 0.05) is 50.9 Å². The third kappa shape index (κ3) is 2.71. The molecule has 24 heavy (non-hydrogen) atoms. The summed E-state index contributed by atoms with van der Waals surface area (Å²) in [6.07, 6.45) is 1.80. The van der Waals surface area contributed by atoms with Crippen molar-refractivity contribution in [2.45, 2.75) is 12.7 Å². The van der Waals surface area contributed by atoms with Crippen LogP contribution in [0.2, 0.25) is 0 Å². The van der Waals surface area contributed by atoms with Gasteiger partial charge in [-0.25, -0.2) is 14.8 Å². The first-order chi connectivity index (χ1) is 11.7. The number of piperazine rings is 1. The van der Waals surface area contributed by atoms with Gasteiger partial charge in [0.05, 0.1) is 5.52 Å². The molecule has 1 unspecified atom stereocenters. The lowest BCUT2D eigenvalue weighted by atomic mass is 10.1. The smallest absolute Gasteiger partial charge is 0.330 e. The number of hydrogen-bond donors (Lipinski definition) is 2. The van der Waals surface area contributed by atoms with Crippen molar-refractivity contribution in [2.75, 3.05) is 32.7 Å². The Kier molecular flexibility index (Phi) is 4.05. The number of para-hydroxylation sites is 1. The topological polar surface area (TPSA) is 77.7 Å². The molecule has 2 aromatic rings. The second-order valence-corrected chi connectivity index (χ2v) is 6.28. The Bertz CT molecular complexity index is 745. The van der Waals surface area contributed by atoms with Crippen LogP contribution in [-0.2, 0) is 6.54 Å². The van der Waals surface area contributed by atoms with Gasteiger partial charge < -0.3 is 11.1 Å². The maximum atomic E-state index is 12.1. The van der Waals surface area contributed by atoms with E-state index in [1.807, 2.05) is 12.1 Å². The molecule has 1 aromatic carbocycles. The number of fused-ring (bicyclic) bond motifs is 2. The number of aromatic nitrogens is 1. The third-order valence-corrected chi connectivity index (χ3v) is 4.85. The Balaban J connectivity index is 1.63. The zero-order valence-electron chi connectivity index (χ0n) is 13.6. The van der Waals surface area contributed by atoms with E-state index in [0.29, 0.717) is 6.54 Å². The lowest BCUT2D eigenvalue weighted by molar-refractivity contribution is -0.127. The predicted molar refractivity (Wildman–Crippen MR) is 91.8 cm³/mol. The molecule has 0 bridgehead atoms. The number of nitrogens with two attached hydrogens (primary N) is 1. The molecule has 0 spiro atoms. The summed E-state index contributed by atoms with van der Waals surface area (Å²) in [5.74, 6) is 0. The highest BCUT2D eigenvalue weighted by atomic mass is 16.2. The molecule has 2 fully saturated rings. The van der Waals surface area contributed by atoms with E-state index in [-0.39, 0.29) is 6.17 Å². The Morgan fingerprint density at radius 3 is 3.00 bits per heavy atom. The molecule has 7 heteroatoms. The number of hydrazine groups is 1. The summed E-state index contributed by atoms with van der Waals surface area (Å²) in [4.78, 5) is 18.9. The minimum absolute atomic E-state index is 0.00654. The molecule has 126 valence electrons. The molecule has 0 radical (unpaired) electrons. The van der Waals surface area contributed by atoms with Gasteiger partial charge in [-0.05, 0) is 11.6 Å². The third-order valence-electron chi connectivity index (χ3n) is 4.85. The van der Waals surface area contributed by atoms with Crippen LogP contribution in [-0.4, -0.2) is 64.8 Å². The molecule has 4 rings (SSSR count). The number of amides is 2. The van der Waals surface area contributed by atoms with Gasteiger partial charge in [0.25, 0.3) is 0 Å². The van der Waals surface area contributed by atoms with Gasteiger partial charge in [0.15, 0.2) is 0 Å². The van der Waals surface area contributed by atoms with E-state index in [2.05, 4.69) is 38.4 Å². The number of nitrogens with zero attached hydrogens (tertiary/aromatic N) is 4. The summed E-state index contributed by atoms with van der Waals surface area (Å²) < 4.78 is 0. The van der Waals surface area contributed by atoms with Crippen LogP contribution in [0.1, 0.15) is 5.56 Å². The lowest BCUT2D eigenvalue weighted by Crippen LogP contribution is -2.70. The first-order valence-corrected chi connectivity index (χ1v) is 8.35. The van der Waals surface area contributed by atoms with Gasteiger partial charge in [-0.2, -0.15) is 0 Å². The van der Waals surface area contributed by atoms with Gasteiger partial charge >= 0.3 is 6.03 Å². The summed E-state index contributed by atoms with van der Waals surface area (Å²) in [5, 5.41) is 8.22. The molecule has 7 nitrogen and oxygen atoms in total. The Hall–Kier alpha value is -2.22. The first-order valence-electron chi connectivity index (χ1n) is 8.35. The standard InChI is InChI=1S/C17H22N6O/c18-17(24)23-15-11-19-7-8-21(15)9-10-22(23)12-14-4-1-3-13-5-2-6-20-16(13)14/h1-6,15,19H,7-12H2,(H2,18,24). The van der Waals surface area contributed by atoms with E-state index in [1.165, 1.54) is 0 Å². The van der Waals surface area contributed by atoms with Gasteiger partial charge in [0.1, 0.15) is 6.17 Å². The highest BCUT2D eigenvalue weighted by Crippen LogP contribution is 2.23. The molecule has 0 saturated carbocycles. The number of benzene rings is 1. The number of carbonyl (C=O) groups is 1. The van der Waals surface area contributed by atoms with E-state index in [9.17, 15) is 4.79 Å². The van der Waals surface area contributed by atoms with Crippen molar-refractivity contribution in [3.63, 3.8) is 0 Å². The van der Waals surface area contributed by atoms with Crippen LogP contribution in [0.15, 0.2) is 36.5 Å². The first kappa shape index (κ1) is 15.3. The van der Waals surface area contributed by atoms with Crippen molar-refractivity contribution >= 4 is 16.9 Å². The molecule has 1 aromatic heterocycles. The summed E-state index contributed by atoms with van der Waals surface area (Å²) in [7, 11) is 0. The number of urea groups is 1. The van der Waals surface area contributed by atoms with Gasteiger partial charge in [-0.15, -0.1) is 0 Å². The average Bonchev–Trinajstić information content (AvgIpc) is 2.61. The van der Waals surface area contributed by atoms with Crippen LogP contribution in [0, 0.1) is 0 Å². The number of primary amides is 1. The second kappa shape index (κ2) is 6.35. The SMILES string of the molecule is NC(=O)N1C2CNCCN2CCN1Cc1cccc2cccnc12. The fraction of sp³-hybridized carbons (Fsp3) is 0.412. The molecule has 0 aliphatic carbocycles. The van der Waals surface area contributed by atoms with Crippen LogP contribution in [0.25, 0.3) is 10.9 Å². The molecule has 3 heterocycles. The average molecular weight is 326 g/mol. The minimum Gasteiger partial charge on any atom is -0.350 e. The summed E-state index contributed by atoms with van der Waals surface area (Å²) in [6.45, 7) is 4.99. The number of nitrogens with one attached hydrogen (secondary N) is 1. The normalized spacial score (nSPS) is 22.5. The van der Waals surface area contributed by atoms with Gasteiger partial charge in [-0.3, -0.25) is 9.88 Å². The predicted octanol–water partition coefficient (Wildman–Crippen LogP) is 0.577. The van der Waals surface area contributed by atoms with Crippen molar-refractivity contribution in [1.29, 1.82) is 0 Å². The molecule has 1 atom stereocenters. The number of rotatable bonds is 2. The number of pyridine rings is 1. The largest absolute Gasteiger partial charge is 0.350 e. The lowest BCUT2D eigenvalue weighted by Gasteiger charge is -2.51. The Morgan fingerprint density at radius 1 is 1.25 bits per heavy atom. The minimum atomic E-state index is -0.401. The Labute approximate surface area is 141 Å². The van der Waals surface area contributed by atoms with Crippen molar-refractivity contribution in [2.24, 2.45) is 5.73 Å². The molecular weight excluding hydrogens is 304 g/mol. The van der Waals surface area contributed by atoms with E-state index in [1.54, 1.807) is 11.2 Å². The zero-order chi connectivity index (χ0) is 16.5. The molecule has 2 amide bonds. The van der Waals surface area contributed by atoms with Crippen molar-refractivity contribution in [3.05, 3.63) is 42.1 Å². The van der Waals surface area contributed by atoms with Crippen LogP contribution in [0.3, 0.4) is 0 Å². The van der Waals surface area contributed by atoms with Crippen LogP contribution < -0.4 is 11.1 Å². The summed E-state index contributed by atoms with van der Waals surface area (Å²) >= 11 is 0. The van der Waals surface area contributed by atoms with Crippen LogP contribution in [0.5, 0.6) is 0 Å². The second-order valence-electron chi connectivity index (χ2n) is 6.28. The van der Waals surface area contributed by atoms with Crippen molar-refractivity contribution in [1.82, 2.24) is 25.2 Å². The van der Waals surface area contributed by atoms with E-state index >= 15 is 0 Å². The van der Waals surface area contributed by atoms with Crippen molar-refractivity contribution in [3.8, 4) is 0 Å². The van der Waals surface area contributed by atoms with Crippen LogP contribution >= 0.6 is 0 Å². The van der Waals surface area contributed by atoms with Gasteiger partial charge in [0.2, 0.25) is 0 Å². The molecule has 2 saturated heterocycles. The highest BCUT2D eigenvalue weighted by Gasteiger charge is 2.38. The molecule has 2 aliphatic rings. The van der Waals surface area contributed by atoms with Gasteiger partial charge in [-0.1, -0.05) is 24.3 Å². The molecular formula is C17H22N6O. The summed E-state index contributed by atoms with van der Waals surface area (Å²) in [5.41, 5.74) is 7.79. The van der Waals surface area contributed by atoms with E-state index < -0.39 is 6.03 Å². The number of carbonyl (C=O) groups excluding carboxylic acids is 1. The maximum Gasteiger partial charge on any atom is 0.330 e. The van der Waals surface area contributed by atoms with Crippen molar-refractivity contribution < 1.29 is 4.79 Å². The number of hydrogen-bond acceptors (Lipinski definition) is 5. The van der Waals surface area contributed by atoms with Crippen LogP contribution in [0.4, 0.5) is 4.79 Å². The molecule has 3 N–H and O–H groups in total. The Morgan fingerprint density at radius 2 is 2.12 bits per heavy atom. The monoisotopic (exact) mass is 326 g/mol. The zero-order valence-corrected chi connectivity index (χ0v) is 13.6.